The predicted molar refractivity (Wildman–Crippen MR) is 64.4 cm³/mol. The fourth-order valence-electron chi connectivity index (χ4n) is 1.81. The maximum Gasteiger partial charge on any atom is 0.344 e. The zero-order valence-electron chi connectivity index (χ0n) is 9.65. The van der Waals surface area contributed by atoms with Gasteiger partial charge in [0.1, 0.15) is 0 Å². The molecule has 2 bridgehead atoms. The maximum absolute atomic E-state index is 11.7. The molecule has 1 saturated heterocycles. The van der Waals surface area contributed by atoms with Crippen molar-refractivity contribution in [2.75, 3.05) is 19.0 Å². The van der Waals surface area contributed by atoms with Gasteiger partial charge < -0.3 is 9.47 Å². The first-order chi connectivity index (χ1) is 8.27. The molecule has 2 rings (SSSR count). The maximum atomic E-state index is 11.7. The van der Waals surface area contributed by atoms with Gasteiger partial charge in [-0.3, -0.25) is 4.79 Å². The standard InChI is InChI=1S/C12H16O4S/c13-11-9-4-3-5-10(17-8-9)12(14)16-7-2-1-6-15-11/h5,9H,1-4,6-8H2. The fourth-order valence-corrected chi connectivity index (χ4v) is 2.90. The SMILES string of the molecule is O=C1OCCCCOC(=O)C2CCC=C1SC2. The molecule has 2 heterocycles. The van der Waals surface area contributed by atoms with Crippen LogP contribution >= 0.6 is 11.8 Å². The third-order valence-electron chi connectivity index (χ3n) is 2.84. The van der Waals surface area contributed by atoms with E-state index in [0.29, 0.717) is 23.9 Å². The summed E-state index contributed by atoms with van der Waals surface area (Å²) in [7, 11) is 0. The van der Waals surface area contributed by atoms with Crippen molar-refractivity contribution < 1.29 is 19.1 Å². The summed E-state index contributed by atoms with van der Waals surface area (Å²) >= 11 is 1.40. The molecular weight excluding hydrogens is 240 g/mol. The van der Waals surface area contributed by atoms with E-state index >= 15 is 0 Å². The van der Waals surface area contributed by atoms with E-state index in [0.717, 1.165) is 25.7 Å². The molecule has 0 N–H and O–H groups in total. The number of hydrogen-bond acceptors (Lipinski definition) is 5. The molecule has 1 fully saturated rings. The van der Waals surface area contributed by atoms with Crippen molar-refractivity contribution in [2.24, 2.45) is 5.92 Å². The highest BCUT2D eigenvalue weighted by molar-refractivity contribution is 8.04. The molecule has 0 aromatic carbocycles. The van der Waals surface area contributed by atoms with Gasteiger partial charge in [-0.15, -0.1) is 11.8 Å². The Kier molecular flexibility index (Phi) is 4.48. The molecule has 2 aliphatic heterocycles. The van der Waals surface area contributed by atoms with E-state index in [-0.39, 0.29) is 17.9 Å². The zero-order chi connectivity index (χ0) is 12.1. The molecule has 0 saturated carbocycles. The van der Waals surface area contributed by atoms with E-state index in [2.05, 4.69) is 0 Å². The second-order valence-corrected chi connectivity index (χ2v) is 5.23. The smallest absolute Gasteiger partial charge is 0.344 e. The number of hydrogen-bond donors (Lipinski definition) is 0. The normalized spacial score (nSPS) is 27.1. The Bertz CT molecular complexity index is 337. The number of cyclic esters (lactones) is 2. The average Bonchev–Trinajstić information content (AvgIpc) is 2.57. The van der Waals surface area contributed by atoms with Gasteiger partial charge in [-0.25, -0.2) is 4.79 Å². The van der Waals surface area contributed by atoms with Gasteiger partial charge in [0, 0.05) is 5.75 Å². The Morgan fingerprint density at radius 2 is 1.94 bits per heavy atom. The summed E-state index contributed by atoms with van der Waals surface area (Å²) in [4.78, 5) is 24.1. The molecule has 2 aliphatic rings. The number of carbonyl (C=O) groups excluding carboxylic acids is 2. The van der Waals surface area contributed by atoms with Gasteiger partial charge in [-0.05, 0) is 25.7 Å². The lowest BCUT2D eigenvalue weighted by atomic mass is 10.1. The number of fused-ring (bicyclic) bond motifs is 3. The lowest BCUT2D eigenvalue weighted by molar-refractivity contribution is -0.148. The van der Waals surface area contributed by atoms with Crippen LogP contribution in [0.5, 0.6) is 0 Å². The molecule has 0 aromatic heterocycles. The Balaban J connectivity index is 2.06. The summed E-state index contributed by atoms with van der Waals surface area (Å²) in [6.45, 7) is 0.829. The summed E-state index contributed by atoms with van der Waals surface area (Å²) < 4.78 is 10.4. The van der Waals surface area contributed by atoms with E-state index in [4.69, 9.17) is 9.47 Å². The van der Waals surface area contributed by atoms with Gasteiger partial charge in [0.15, 0.2) is 0 Å². The van der Waals surface area contributed by atoms with Crippen molar-refractivity contribution >= 4 is 23.7 Å². The molecule has 17 heavy (non-hydrogen) atoms. The van der Waals surface area contributed by atoms with Gasteiger partial charge in [0.2, 0.25) is 0 Å². The Hall–Kier alpha value is -0.970. The highest BCUT2D eigenvalue weighted by atomic mass is 32.2. The van der Waals surface area contributed by atoms with Crippen LogP contribution in [0.15, 0.2) is 11.0 Å². The van der Waals surface area contributed by atoms with Gasteiger partial charge in [0.25, 0.3) is 0 Å². The van der Waals surface area contributed by atoms with Gasteiger partial charge in [0.05, 0.1) is 24.0 Å². The van der Waals surface area contributed by atoms with Gasteiger partial charge >= 0.3 is 11.9 Å². The van der Waals surface area contributed by atoms with E-state index in [1.165, 1.54) is 11.8 Å². The number of esters is 2. The van der Waals surface area contributed by atoms with Crippen LogP contribution in [0.3, 0.4) is 0 Å². The van der Waals surface area contributed by atoms with Gasteiger partial charge in [-0.1, -0.05) is 6.08 Å². The third kappa shape index (κ3) is 3.49. The number of allylic oxidation sites excluding steroid dienone is 1. The minimum absolute atomic E-state index is 0.0963. The highest BCUT2D eigenvalue weighted by Crippen LogP contribution is 2.28. The Labute approximate surface area is 105 Å². The predicted octanol–water partition coefficient (Wildman–Crippen LogP) is 1.89. The van der Waals surface area contributed by atoms with Crippen LogP contribution in [0.4, 0.5) is 0 Å². The van der Waals surface area contributed by atoms with Crippen LogP contribution in [-0.4, -0.2) is 30.9 Å². The van der Waals surface area contributed by atoms with E-state index in [1.54, 1.807) is 0 Å². The highest BCUT2D eigenvalue weighted by Gasteiger charge is 2.25. The third-order valence-corrected chi connectivity index (χ3v) is 4.05. The minimum Gasteiger partial charge on any atom is -0.465 e. The molecule has 1 unspecified atom stereocenters. The summed E-state index contributed by atoms with van der Waals surface area (Å²) in [5, 5.41) is 0. The average molecular weight is 256 g/mol. The molecule has 5 heteroatoms. The van der Waals surface area contributed by atoms with Crippen LogP contribution < -0.4 is 0 Å². The number of thioether (sulfide) groups is 1. The van der Waals surface area contributed by atoms with Crippen molar-refractivity contribution in [3.8, 4) is 0 Å². The second-order valence-electron chi connectivity index (χ2n) is 4.16. The summed E-state index contributed by atoms with van der Waals surface area (Å²) in [5.74, 6) is 0.145. The van der Waals surface area contributed by atoms with E-state index in [9.17, 15) is 9.59 Å². The lowest BCUT2D eigenvalue weighted by Gasteiger charge is -2.14. The second kappa shape index (κ2) is 6.10. The van der Waals surface area contributed by atoms with Crippen LogP contribution in [-0.2, 0) is 19.1 Å². The van der Waals surface area contributed by atoms with Crippen molar-refractivity contribution in [3.63, 3.8) is 0 Å². The first-order valence-corrected chi connectivity index (χ1v) is 6.92. The van der Waals surface area contributed by atoms with Crippen LogP contribution in [0.1, 0.15) is 25.7 Å². The molecule has 0 amide bonds. The van der Waals surface area contributed by atoms with E-state index < -0.39 is 0 Å². The number of rotatable bonds is 0. The zero-order valence-corrected chi connectivity index (χ0v) is 10.5. The van der Waals surface area contributed by atoms with Crippen LogP contribution in [0, 0.1) is 5.92 Å². The lowest BCUT2D eigenvalue weighted by Crippen LogP contribution is -2.21. The molecular formula is C12H16O4S. The quantitative estimate of drug-likeness (QED) is 0.619. The molecule has 0 aliphatic carbocycles. The first-order valence-electron chi connectivity index (χ1n) is 5.94. The topological polar surface area (TPSA) is 52.6 Å². The van der Waals surface area contributed by atoms with Crippen molar-refractivity contribution in [1.29, 1.82) is 0 Å². The fraction of sp³-hybridized carbons (Fsp3) is 0.667. The van der Waals surface area contributed by atoms with Crippen molar-refractivity contribution in [1.82, 2.24) is 0 Å². The molecule has 94 valence electrons. The molecule has 0 radical (unpaired) electrons. The van der Waals surface area contributed by atoms with E-state index in [1.807, 2.05) is 6.08 Å². The van der Waals surface area contributed by atoms with Crippen molar-refractivity contribution in [3.05, 3.63) is 11.0 Å². The van der Waals surface area contributed by atoms with Crippen LogP contribution in [0.2, 0.25) is 0 Å². The monoisotopic (exact) mass is 256 g/mol. The molecule has 4 nitrogen and oxygen atoms in total. The first kappa shape index (κ1) is 12.5. The largest absolute Gasteiger partial charge is 0.465 e. The molecule has 1 atom stereocenters. The molecule has 0 spiro atoms. The van der Waals surface area contributed by atoms with Crippen molar-refractivity contribution in [2.45, 2.75) is 25.7 Å². The Morgan fingerprint density at radius 1 is 1.18 bits per heavy atom. The number of carbonyl (C=O) groups is 2. The number of ether oxygens (including phenoxy) is 2. The summed E-state index contributed by atoms with van der Waals surface area (Å²) in [6, 6.07) is 0. The molecule has 0 aromatic rings. The van der Waals surface area contributed by atoms with Gasteiger partial charge in [-0.2, -0.15) is 0 Å². The minimum atomic E-state index is -0.246. The summed E-state index contributed by atoms with van der Waals surface area (Å²) in [5.41, 5.74) is 0. The van der Waals surface area contributed by atoms with Crippen LogP contribution in [0.25, 0.3) is 0 Å². The summed E-state index contributed by atoms with van der Waals surface area (Å²) in [6.07, 6.45) is 4.84. The Morgan fingerprint density at radius 3 is 2.76 bits per heavy atom.